The number of benzene rings is 2. The van der Waals surface area contributed by atoms with Crippen LogP contribution in [0, 0.1) is 0 Å². The van der Waals surface area contributed by atoms with E-state index in [1.807, 2.05) is 18.2 Å². The summed E-state index contributed by atoms with van der Waals surface area (Å²) >= 11 is 5.98. The summed E-state index contributed by atoms with van der Waals surface area (Å²) in [6.07, 6.45) is 0. The van der Waals surface area contributed by atoms with Gasteiger partial charge in [0.2, 0.25) is 0 Å². The molecule has 7 heteroatoms. The lowest BCUT2D eigenvalue weighted by Gasteiger charge is -2.18. The fourth-order valence-corrected chi connectivity index (χ4v) is 3.14. The van der Waals surface area contributed by atoms with Gasteiger partial charge in [-0.25, -0.2) is 0 Å². The maximum Gasteiger partial charge on any atom is 0.316 e. The minimum atomic E-state index is -0.698. The monoisotopic (exact) mass is 371 g/mol. The number of rotatable bonds is 4. The highest BCUT2D eigenvalue weighted by Gasteiger charge is 2.14. The van der Waals surface area contributed by atoms with Gasteiger partial charge >= 0.3 is 11.1 Å². The fraction of sp³-hybridized carbons (Fsp3) is 0.211. The van der Waals surface area contributed by atoms with Crippen molar-refractivity contribution < 1.29 is 4.79 Å². The molecule has 0 fully saturated rings. The first-order chi connectivity index (χ1) is 12.4. The topological polar surface area (TPSA) is 75.2 Å². The van der Waals surface area contributed by atoms with Crippen LogP contribution in [0.1, 0.15) is 22.8 Å². The fourth-order valence-electron chi connectivity index (χ4n) is 2.93. The number of H-pyrrole nitrogens is 1. The summed E-state index contributed by atoms with van der Waals surface area (Å²) in [5.41, 5.74) is 1.10. The molecule has 0 radical (unpaired) electrons. The molecular weight excluding hydrogens is 354 g/mol. The van der Waals surface area contributed by atoms with E-state index in [9.17, 15) is 14.4 Å². The summed E-state index contributed by atoms with van der Waals surface area (Å²) in [7, 11) is 1.70. The molecule has 134 valence electrons. The summed E-state index contributed by atoms with van der Waals surface area (Å²) in [6.45, 7) is 2.57. The van der Waals surface area contributed by atoms with Gasteiger partial charge in [-0.15, -0.1) is 0 Å². The van der Waals surface area contributed by atoms with Crippen LogP contribution in [0.2, 0.25) is 5.02 Å². The second kappa shape index (κ2) is 7.17. The number of nitrogens with zero attached hydrogens (tertiary/aromatic N) is 2. The number of hydrogen-bond donors (Lipinski definition) is 1. The average molecular weight is 372 g/mol. The highest BCUT2D eigenvalue weighted by molar-refractivity contribution is 6.30. The van der Waals surface area contributed by atoms with Gasteiger partial charge in [-0.1, -0.05) is 23.7 Å². The zero-order valence-electron chi connectivity index (χ0n) is 14.5. The highest BCUT2D eigenvalue weighted by Crippen LogP contribution is 2.16. The van der Waals surface area contributed by atoms with Crippen molar-refractivity contribution in [1.29, 1.82) is 0 Å². The summed E-state index contributed by atoms with van der Waals surface area (Å²) in [6, 6.07) is 12.2. The first-order valence-electron chi connectivity index (χ1n) is 8.17. The number of aryl methyl sites for hydroxylation is 1. The van der Waals surface area contributed by atoms with Crippen LogP contribution in [-0.2, 0) is 13.1 Å². The Labute approximate surface area is 154 Å². The molecule has 0 saturated carbocycles. The van der Waals surface area contributed by atoms with Crippen molar-refractivity contribution in [1.82, 2.24) is 14.5 Å². The first kappa shape index (κ1) is 17.9. The molecule has 3 rings (SSSR count). The largest absolute Gasteiger partial charge is 0.337 e. The molecule has 3 aromatic rings. The maximum absolute atomic E-state index is 12.7. The molecule has 0 bridgehead atoms. The minimum absolute atomic E-state index is 0.193. The summed E-state index contributed by atoms with van der Waals surface area (Å²) in [4.78, 5) is 40.5. The summed E-state index contributed by atoms with van der Waals surface area (Å²) in [5, 5.41) is 0.615. The molecule has 1 aromatic heterocycles. The van der Waals surface area contributed by atoms with E-state index in [2.05, 4.69) is 4.98 Å². The van der Waals surface area contributed by atoms with Gasteiger partial charge in [-0.2, -0.15) is 0 Å². The number of nitrogens with one attached hydrogen (secondary N) is 1. The van der Waals surface area contributed by atoms with Crippen LogP contribution in [0.15, 0.2) is 52.1 Å². The molecule has 0 saturated heterocycles. The number of carbonyl (C=O) groups excluding carboxylic acids is 1. The lowest BCUT2D eigenvalue weighted by molar-refractivity contribution is 0.0785. The van der Waals surface area contributed by atoms with Gasteiger partial charge in [0.15, 0.2) is 0 Å². The Morgan fingerprint density at radius 2 is 1.96 bits per heavy atom. The van der Waals surface area contributed by atoms with Gasteiger partial charge in [0, 0.05) is 30.7 Å². The van der Waals surface area contributed by atoms with E-state index in [0.717, 1.165) is 5.56 Å². The van der Waals surface area contributed by atoms with Gasteiger partial charge in [0.1, 0.15) is 0 Å². The molecule has 0 spiro atoms. The van der Waals surface area contributed by atoms with Crippen LogP contribution in [0.25, 0.3) is 11.0 Å². The highest BCUT2D eigenvalue weighted by atomic mass is 35.5. The molecule has 0 atom stereocenters. The van der Waals surface area contributed by atoms with Gasteiger partial charge in [0.05, 0.1) is 11.0 Å². The third-order valence-electron chi connectivity index (χ3n) is 4.19. The molecule has 1 heterocycles. The van der Waals surface area contributed by atoms with Crippen LogP contribution in [0.3, 0.4) is 0 Å². The molecule has 2 aromatic carbocycles. The van der Waals surface area contributed by atoms with Crippen molar-refractivity contribution in [3.8, 4) is 0 Å². The molecule has 1 N–H and O–H groups in total. The first-order valence-corrected chi connectivity index (χ1v) is 8.55. The lowest BCUT2D eigenvalue weighted by atomic mass is 10.1. The van der Waals surface area contributed by atoms with E-state index < -0.39 is 11.1 Å². The molecule has 1 amide bonds. The maximum atomic E-state index is 12.7. The molecule has 0 aliphatic heterocycles. The smallest absolute Gasteiger partial charge is 0.316 e. The van der Waals surface area contributed by atoms with Gasteiger partial charge in [0.25, 0.3) is 5.91 Å². The SMILES string of the molecule is CCn1c(=O)c(=O)[nH]c2cc(C(=O)N(C)Cc3cccc(Cl)c3)ccc21. The number of fused-ring (bicyclic) bond motifs is 1. The van der Waals surface area contributed by atoms with E-state index >= 15 is 0 Å². The van der Waals surface area contributed by atoms with Crippen molar-refractivity contribution in [2.75, 3.05) is 7.05 Å². The number of carbonyl (C=O) groups is 1. The van der Waals surface area contributed by atoms with Crippen LogP contribution in [0.4, 0.5) is 0 Å². The van der Waals surface area contributed by atoms with Crippen molar-refractivity contribution in [2.24, 2.45) is 0 Å². The Morgan fingerprint density at radius 3 is 2.65 bits per heavy atom. The van der Waals surface area contributed by atoms with Crippen molar-refractivity contribution in [3.05, 3.63) is 79.3 Å². The Hall–Kier alpha value is -2.86. The molecule has 0 aliphatic rings. The normalized spacial score (nSPS) is 10.9. The van der Waals surface area contributed by atoms with E-state index in [1.165, 1.54) is 4.57 Å². The lowest BCUT2D eigenvalue weighted by Crippen LogP contribution is -2.36. The van der Waals surface area contributed by atoms with Crippen LogP contribution in [0.5, 0.6) is 0 Å². The standard InChI is InChI=1S/C19H18ClN3O3/c1-3-23-16-8-7-13(10-15(16)21-17(24)19(23)26)18(25)22(2)11-12-5-4-6-14(20)9-12/h4-10H,3,11H2,1-2H3,(H,21,24). The molecule has 0 unspecified atom stereocenters. The zero-order valence-corrected chi connectivity index (χ0v) is 15.2. The average Bonchev–Trinajstić information content (AvgIpc) is 2.62. The Bertz CT molecular complexity index is 1100. The number of halogens is 1. The van der Waals surface area contributed by atoms with Crippen molar-refractivity contribution in [2.45, 2.75) is 20.0 Å². The second-order valence-electron chi connectivity index (χ2n) is 6.03. The third-order valence-corrected chi connectivity index (χ3v) is 4.43. The van der Waals surface area contributed by atoms with Gasteiger partial charge in [-0.05, 0) is 42.8 Å². The molecule has 26 heavy (non-hydrogen) atoms. The van der Waals surface area contributed by atoms with Gasteiger partial charge < -0.3 is 14.5 Å². The van der Waals surface area contributed by atoms with Crippen LogP contribution >= 0.6 is 11.6 Å². The number of aromatic amines is 1. The summed E-state index contributed by atoms with van der Waals surface area (Å²) < 4.78 is 1.39. The quantitative estimate of drug-likeness (QED) is 0.716. The van der Waals surface area contributed by atoms with E-state index in [-0.39, 0.29) is 5.91 Å². The predicted molar refractivity (Wildman–Crippen MR) is 102 cm³/mol. The van der Waals surface area contributed by atoms with E-state index in [1.54, 1.807) is 43.1 Å². The zero-order chi connectivity index (χ0) is 18.8. The Balaban J connectivity index is 1.94. The summed E-state index contributed by atoms with van der Waals surface area (Å²) in [5.74, 6) is -0.193. The second-order valence-corrected chi connectivity index (χ2v) is 6.46. The van der Waals surface area contributed by atoms with E-state index in [4.69, 9.17) is 11.6 Å². The minimum Gasteiger partial charge on any atom is -0.337 e. The number of amides is 1. The Kier molecular flexibility index (Phi) is 4.95. The van der Waals surface area contributed by atoms with Crippen molar-refractivity contribution in [3.63, 3.8) is 0 Å². The van der Waals surface area contributed by atoms with E-state index in [0.29, 0.717) is 34.7 Å². The van der Waals surface area contributed by atoms with Gasteiger partial charge in [-0.3, -0.25) is 14.4 Å². The number of hydrogen-bond acceptors (Lipinski definition) is 3. The number of aromatic nitrogens is 2. The molecular formula is C19H18ClN3O3. The van der Waals surface area contributed by atoms with Crippen LogP contribution < -0.4 is 11.1 Å². The third kappa shape index (κ3) is 3.41. The molecule has 0 aliphatic carbocycles. The predicted octanol–water partition coefficient (Wildman–Crippen LogP) is 2.64. The van der Waals surface area contributed by atoms with Crippen LogP contribution in [-0.4, -0.2) is 27.4 Å². The molecule has 6 nitrogen and oxygen atoms in total. The van der Waals surface area contributed by atoms with Crippen molar-refractivity contribution >= 4 is 28.5 Å². The Morgan fingerprint density at radius 1 is 1.19 bits per heavy atom.